The lowest BCUT2D eigenvalue weighted by atomic mass is 10.2. The normalized spacial score (nSPS) is 11.3. The second-order valence-corrected chi connectivity index (χ2v) is 5.51. The number of rotatable bonds is 10. The van der Waals surface area contributed by atoms with Gasteiger partial charge in [-0.15, -0.1) is 0 Å². The summed E-state index contributed by atoms with van der Waals surface area (Å²) in [5.41, 5.74) is 0. The molecule has 2 rings (SSSR count). The number of carbonyl (C=O) groups is 1. The number of amides is 1. The summed E-state index contributed by atoms with van der Waals surface area (Å²) in [7, 11) is 3.21. The van der Waals surface area contributed by atoms with Gasteiger partial charge in [0, 0.05) is 6.07 Å². The maximum absolute atomic E-state index is 12.3. The van der Waals surface area contributed by atoms with Crippen molar-refractivity contribution in [3.8, 4) is 23.0 Å². The zero-order valence-corrected chi connectivity index (χ0v) is 15.4. The first-order valence-electron chi connectivity index (χ1n) is 8.51. The largest absolute Gasteiger partial charge is 0.497 e. The van der Waals surface area contributed by atoms with Crippen molar-refractivity contribution in [1.82, 2.24) is 5.32 Å². The molecule has 6 heteroatoms. The van der Waals surface area contributed by atoms with Crippen LogP contribution in [0.3, 0.4) is 0 Å². The van der Waals surface area contributed by atoms with E-state index in [0.29, 0.717) is 31.1 Å². The van der Waals surface area contributed by atoms with Gasteiger partial charge < -0.3 is 24.3 Å². The highest BCUT2D eigenvalue weighted by Gasteiger charge is 2.17. The molecule has 0 heterocycles. The third-order valence-corrected chi connectivity index (χ3v) is 3.71. The van der Waals surface area contributed by atoms with Crippen LogP contribution >= 0.6 is 0 Å². The molecule has 0 saturated heterocycles. The number of nitrogens with one attached hydrogen (secondary N) is 1. The molecule has 1 atom stereocenters. The number of hydrogen-bond acceptors (Lipinski definition) is 5. The predicted octanol–water partition coefficient (Wildman–Crippen LogP) is 3.06. The summed E-state index contributed by atoms with van der Waals surface area (Å²) in [6.07, 6.45) is 0.00873. The van der Waals surface area contributed by atoms with Gasteiger partial charge in [-0.05, 0) is 42.8 Å². The van der Waals surface area contributed by atoms with E-state index < -0.39 is 6.10 Å². The fraction of sp³-hybridized carbons (Fsp3) is 0.350. The summed E-state index contributed by atoms with van der Waals surface area (Å²) in [5.74, 6) is 2.62. The summed E-state index contributed by atoms with van der Waals surface area (Å²) in [4.78, 5) is 12.3. The maximum Gasteiger partial charge on any atom is 0.261 e. The van der Waals surface area contributed by atoms with Gasteiger partial charge in [-0.3, -0.25) is 4.79 Å². The minimum Gasteiger partial charge on any atom is -0.497 e. The molecule has 2 aromatic carbocycles. The van der Waals surface area contributed by atoms with Gasteiger partial charge in [-0.2, -0.15) is 0 Å². The number of benzene rings is 2. The lowest BCUT2D eigenvalue weighted by Crippen LogP contribution is -2.39. The third-order valence-electron chi connectivity index (χ3n) is 3.71. The Labute approximate surface area is 154 Å². The van der Waals surface area contributed by atoms with Crippen LogP contribution in [0.1, 0.15) is 13.3 Å². The molecule has 0 spiro atoms. The van der Waals surface area contributed by atoms with Crippen molar-refractivity contribution in [2.45, 2.75) is 19.4 Å². The van der Waals surface area contributed by atoms with Gasteiger partial charge in [0.2, 0.25) is 0 Å². The van der Waals surface area contributed by atoms with Gasteiger partial charge >= 0.3 is 0 Å². The number of hydrogen-bond donors (Lipinski definition) is 1. The summed E-state index contributed by atoms with van der Waals surface area (Å²) in [6.45, 7) is 2.65. The van der Waals surface area contributed by atoms with Crippen molar-refractivity contribution < 1.29 is 23.7 Å². The van der Waals surface area contributed by atoms with Gasteiger partial charge in [0.15, 0.2) is 6.10 Å². The topological polar surface area (TPSA) is 66.0 Å². The van der Waals surface area contributed by atoms with Gasteiger partial charge in [0.1, 0.15) is 29.6 Å². The first-order valence-corrected chi connectivity index (χ1v) is 8.51. The SMILES string of the molecule is CC[C@@H](Oc1ccc(OC)cc1)C(=O)NCCOc1cccc(OC)c1. The molecular formula is C20H25NO5. The molecule has 2 aromatic rings. The lowest BCUT2D eigenvalue weighted by Gasteiger charge is -2.17. The van der Waals surface area contributed by atoms with Crippen molar-refractivity contribution >= 4 is 5.91 Å². The Balaban J connectivity index is 1.77. The Kier molecular flexibility index (Phi) is 7.61. The monoisotopic (exact) mass is 359 g/mol. The Bertz CT molecular complexity index is 687. The van der Waals surface area contributed by atoms with Crippen molar-refractivity contribution in [3.05, 3.63) is 48.5 Å². The van der Waals surface area contributed by atoms with E-state index in [-0.39, 0.29) is 5.91 Å². The van der Waals surface area contributed by atoms with Crippen LogP contribution in [-0.4, -0.2) is 39.4 Å². The van der Waals surface area contributed by atoms with E-state index in [4.69, 9.17) is 18.9 Å². The highest BCUT2D eigenvalue weighted by Crippen LogP contribution is 2.19. The fourth-order valence-corrected chi connectivity index (χ4v) is 2.29. The number of ether oxygens (including phenoxy) is 4. The maximum atomic E-state index is 12.3. The summed E-state index contributed by atoms with van der Waals surface area (Å²) in [6, 6.07) is 14.5. The molecule has 1 N–H and O–H groups in total. The Morgan fingerprint density at radius 3 is 2.27 bits per heavy atom. The molecule has 0 fully saturated rings. The van der Waals surface area contributed by atoms with Crippen molar-refractivity contribution in [2.75, 3.05) is 27.4 Å². The summed E-state index contributed by atoms with van der Waals surface area (Å²) < 4.78 is 21.6. The minimum atomic E-state index is -0.555. The van der Waals surface area contributed by atoms with Crippen LogP contribution in [0.2, 0.25) is 0 Å². The molecule has 1 amide bonds. The lowest BCUT2D eigenvalue weighted by molar-refractivity contribution is -0.128. The molecule has 0 aliphatic rings. The smallest absolute Gasteiger partial charge is 0.261 e. The number of methoxy groups -OCH3 is 2. The first kappa shape index (κ1) is 19.4. The third kappa shape index (κ3) is 5.88. The van der Waals surface area contributed by atoms with Crippen LogP contribution in [0.25, 0.3) is 0 Å². The molecule has 6 nitrogen and oxygen atoms in total. The average Bonchev–Trinajstić information content (AvgIpc) is 2.69. The molecular weight excluding hydrogens is 334 g/mol. The van der Waals surface area contributed by atoms with Crippen LogP contribution in [0, 0.1) is 0 Å². The molecule has 0 radical (unpaired) electrons. The van der Waals surface area contributed by atoms with Crippen LogP contribution in [0.4, 0.5) is 0 Å². The van der Waals surface area contributed by atoms with E-state index >= 15 is 0 Å². The quantitative estimate of drug-likeness (QED) is 0.661. The van der Waals surface area contributed by atoms with E-state index in [1.807, 2.05) is 25.1 Å². The molecule has 0 saturated carbocycles. The highest BCUT2D eigenvalue weighted by atomic mass is 16.5. The first-order chi connectivity index (χ1) is 12.7. The molecule has 0 aromatic heterocycles. The average molecular weight is 359 g/mol. The van der Waals surface area contributed by atoms with E-state index in [9.17, 15) is 4.79 Å². The molecule has 26 heavy (non-hydrogen) atoms. The van der Waals surface area contributed by atoms with Crippen LogP contribution < -0.4 is 24.3 Å². The standard InChI is InChI=1S/C20H25NO5/c1-4-19(26-16-10-8-15(23-2)9-11-16)20(22)21-12-13-25-18-7-5-6-17(14-18)24-3/h5-11,14,19H,4,12-13H2,1-3H3,(H,21,22)/t19-/m1/s1. The van der Waals surface area contributed by atoms with E-state index in [1.165, 1.54) is 0 Å². The van der Waals surface area contributed by atoms with Gasteiger partial charge in [0.25, 0.3) is 5.91 Å². The highest BCUT2D eigenvalue weighted by molar-refractivity contribution is 5.81. The van der Waals surface area contributed by atoms with Crippen molar-refractivity contribution in [3.63, 3.8) is 0 Å². The summed E-state index contributed by atoms with van der Waals surface area (Å²) >= 11 is 0. The van der Waals surface area contributed by atoms with Crippen LogP contribution in [0.5, 0.6) is 23.0 Å². The van der Waals surface area contributed by atoms with E-state index in [0.717, 1.165) is 11.5 Å². The van der Waals surface area contributed by atoms with Crippen LogP contribution in [0.15, 0.2) is 48.5 Å². The van der Waals surface area contributed by atoms with Gasteiger partial charge in [-0.1, -0.05) is 13.0 Å². The van der Waals surface area contributed by atoms with E-state index in [1.54, 1.807) is 44.6 Å². The summed E-state index contributed by atoms with van der Waals surface area (Å²) in [5, 5.41) is 2.83. The Morgan fingerprint density at radius 2 is 1.62 bits per heavy atom. The molecule has 0 unspecified atom stereocenters. The van der Waals surface area contributed by atoms with Crippen molar-refractivity contribution in [2.24, 2.45) is 0 Å². The predicted molar refractivity (Wildman–Crippen MR) is 99.2 cm³/mol. The van der Waals surface area contributed by atoms with E-state index in [2.05, 4.69) is 5.32 Å². The second kappa shape index (κ2) is 10.2. The Morgan fingerprint density at radius 1 is 0.962 bits per heavy atom. The zero-order chi connectivity index (χ0) is 18.8. The number of carbonyl (C=O) groups excluding carboxylic acids is 1. The van der Waals surface area contributed by atoms with Crippen molar-refractivity contribution in [1.29, 1.82) is 0 Å². The van der Waals surface area contributed by atoms with Gasteiger partial charge in [0.05, 0.1) is 20.8 Å². The van der Waals surface area contributed by atoms with Crippen LogP contribution in [-0.2, 0) is 4.79 Å². The molecule has 0 aliphatic heterocycles. The minimum absolute atomic E-state index is 0.169. The molecule has 0 aliphatic carbocycles. The van der Waals surface area contributed by atoms with Gasteiger partial charge in [-0.25, -0.2) is 0 Å². The Hall–Kier alpha value is -2.89. The fourth-order valence-electron chi connectivity index (χ4n) is 2.29. The molecule has 0 bridgehead atoms. The zero-order valence-electron chi connectivity index (χ0n) is 15.4. The molecule has 140 valence electrons. The second-order valence-electron chi connectivity index (χ2n) is 5.51.